The normalized spacial score (nSPS) is 17.6. The molecule has 0 saturated heterocycles. The van der Waals surface area contributed by atoms with Gasteiger partial charge in [0.2, 0.25) is 0 Å². The predicted octanol–water partition coefficient (Wildman–Crippen LogP) is 6.58. The fraction of sp³-hybridized carbons (Fsp3) is 0.182. The van der Waals surface area contributed by atoms with Crippen molar-refractivity contribution in [2.75, 3.05) is 32.6 Å². The van der Waals surface area contributed by atoms with Crippen LogP contribution in [0.15, 0.2) is 127 Å². The number of hydrogen-bond donors (Lipinski definition) is 1. The van der Waals surface area contributed by atoms with Gasteiger partial charge >= 0.3 is 0 Å². The molecule has 0 saturated carbocycles. The highest BCUT2D eigenvalue weighted by Gasteiger charge is 2.41. The number of nitrogens with zero attached hydrogens (tertiary/aromatic N) is 2. The van der Waals surface area contributed by atoms with Crippen LogP contribution in [0.3, 0.4) is 0 Å². The van der Waals surface area contributed by atoms with E-state index in [1.54, 1.807) is 0 Å². The number of hydrogen-bond acceptors (Lipinski definition) is 4. The first kappa shape index (κ1) is 24.5. The number of carbonyl (C=O) groups is 1. The van der Waals surface area contributed by atoms with Gasteiger partial charge in [0.1, 0.15) is 0 Å². The van der Waals surface area contributed by atoms with E-state index >= 15 is 0 Å². The number of para-hydroxylation sites is 1. The average Bonchev–Trinajstić information content (AvgIpc) is 2.94. The van der Waals surface area contributed by atoms with Gasteiger partial charge in [-0.1, -0.05) is 109 Å². The maximum Gasteiger partial charge on any atom is 0.168 e. The number of anilines is 1. The highest BCUT2D eigenvalue weighted by molar-refractivity contribution is 5.99. The number of hydrazine groups is 1. The summed E-state index contributed by atoms with van der Waals surface area (Å²) in [6.07, 6.45) is 0. The van der Waals surface area contributed by atoms with Crippen molar-refractivity contribution in [1.29, 1.82) is 0 Å². The summed E-state index contributed by atoms with van der Waals surface area (Å²) in [5.41, 5.74) is 10.0. The van der Waals surface area contributed by atoms with E-state index in [4.69, 9.17) is 0 Å². The van der Waals surface area contributed by atoms with E-state index in [1.807, 2.05) is 60.7 Å². The van der Waals surface area contributed by atoms with E-state index in [0.29, 0.717) is 6.54 Å². The van der Waals surface area contributed by atoms with Gasteiger partial charge in [0.05, 0.1) is 23.8 Å². The number of Topliss-reactive ketones (excluding diaryl/α,β-unsaturated/α-hetero) is 1. The fourth-order valence-corrected chi connectivity index (χ4v) is 5.32. The zero-order valence-corrected chi connectivity index (χ0v) is 21.4. The van der Waals surface area contributed by atoms with E-state index in [0.717, 1.165) is 29.1 Å². The summed E-state index contributed by atoms with van der Waals surface area (Å²) in [6, 6.07) is 40.9. The molecule has 4 heteroatoms. The molecule has 0 spiro atoms. The molecule has 1 N–H and O–H groups in total. The molecule has 0 fully saturated rings. The van der Waals surface area contributed by atoms with Gasteiger partial charge in [0.15, 0.2) is 5.78 Å². The minimum atomic E-state index is -0.261. The Kier molecular flexibility index (Phi) is 7.48. The van der Waals surface area contributed by atoms with E-state index in [-0.39, 0.29) is 17.6 Å². The molecule has 1 aliphatic rings. The molecular formula is C33H33N3O. The highest BCUT2D eigenvalue weighted by Crippen LogP contribution is 2.44. The minimum Gasteiger partial charge on any atom is -0.305 e. The number of benzene rings is 4. The van der Waals surface area contributed by atoms with Crippen LogP contribution in [0, 0.1) is 5.92 Å². The third kappa shape index (κ3) is 5.50. The largest absolute Gasteiger partial charge is 0.305 e. The van der Waals surface area contributed by atoms with Crippen molar-refractivity contribution in [3.05, 3.63) is 144 Å². The maximum atomic E-state index is 14.2. The zero-order chi connectivity index (χ0) is 25.6. The molecular weight excluding hydrogens is 454 g/mol. The van der Waals surface area contributed by atoms with Crippen LogP contribution in [0.4, 0.5) is 5.69 Å². The number of likely N-dealkylation sites (N-methyl/N-ethyl adjacent to an activating group) is 1. The Morgan fingerprint density at radius 3 is 1.92 bits per heavy atom. The molecule has 2 atom stereocenters. The van der Waals surface area contributed by atoms with E-state index in [1.165, 1.54) is 11.1 Å². The molecule has 1 heterocycles. The second kappa shape index (κ2) is 11.3. The van der Waals surface area contributed by atoms with Crippen LogP contribution >= 0.6 is 0 Å². The Bertz CT molecular complexity index is 1340. The molecule has 0 bridgehead atoms. The van der Waals surface area contributed by atoms with Gasteiger partial charge in [-0.05, 0) is 42.9 Å². The Morgan fingerprint density at radius 1 is 0.784 bits per heavy atom. The molecule has 5 rings (SSSR count). The molecule has 0 amide bonds. The first-order valence-corrected chi connectivity index (χ1v) is 12.8. The molecule has 0 radical (unpaired) electrons. The highest BCUT2D eigenvalue weighted by atomic mass is 16.1. The third-order valence-electron chi connectivity index (χ3n) is 6.86. The summed E-state index contributed by atoms with van der Waals surface area (Å²) < 4.78 is 0. The average molecular weight is 488 g/mol. The van der Waals surface area contributed by atoms with Gasteiger partial charge in [-0.2, -0.15) is 0 Å². The first-order valence-electron chi connectivity index (χ1n) is 12.8. The molecule has 0 aromatic heterocycles. The summed E-state index contributed by atoms with van der Waals surface area (Å²) in [4.78, 5) is 16.4. The van der Waals surface area contributed by atoms with Crippen molar-refractivity contribution < 1.29 is 4.79 Å². The molecule has 186 valence electrons. The van der Waals surface area contributed by atoms with Gasteiger partial charge < -0.3 is 4.90 Å². The van der Waals surface area contributed by atoms with Crippen LogP contribution < -0.4 is 5.43 Å². The third-order valence-corrected chi connectivity index (χ3v) is 6.86. The Balaban J connectivity index is 1.73. The Labute approximate surface area is 219 Å². The smallest absolute Gasteiger partial charge is 0.168 e. The molecule has 4 aromatic carbocycles. The monoisotopic (exact) mass is 487 g/mol. The van der Waals surface area contributed by atoms with Gasteiger partial charge in [0, 0.05) is 18.0 Å². The zero-order valence-electron chi connectivity index (χ0n) is 21.4. The summed E-state index contributed by atoms with van der Waals surface area (Å²) >= 11 is 0. The number of ketones is 1. The predicted molar refractivity (Wildman–Crippen MR) is 152 cm³/mol. The van der Waals surface area contributed by atoms with Crippen LogP contribution in [-0.4, -0.2) is 42.9 Å². The SMILES string of the molecule is CN(C)CC1=C(c2ccccc2)N(Nc2ccccc2)C[C@@H](C(=O)c2ccccc2)[C@H]1c1ccccc1. The number of nitrogens with one attached hydrogen (secondary N) is 1. The van der Waals surface area contributed by atoms with Crippen LogP contribution in [0.25, 0.3) is 5.70 Å². The Hall–Kier alpha value is -4.15. The summed E-state index contributed by atoms with van der Waals surface area (Å²) in [6.45, 7) is 1.28. The lowest BCUT2D eigenvalue weighted by Gasteiger charge is -2.44. The molecule has 4 aromatic rings. The van der Waals surface area contributed by atoms with Gasteiger partial charge in [-0.25, -0.2) is 0 Å². The lowest BCUT2D eigenvalue weighted by molar-refractivity contribution is 0.0878. The van der Waals surface area contributed by atoms with E-state index in [9.17, 15) is 4.79 Å². The topological polar surface area (TPSA) is 35.6 Å². The fourth-order valence-electron chi connectivity index (χ4n) is 5.32. The van der Waals surface area contributed by atoms with Crippen molar-refractivity contribution in [2.24, 2.45) is 5.92 Å². The van der Waals surface area contributed by atoms with E-state index in [2.05, 4.69) is 90.1 Å². The second-order valence-corrected chi connectivity index (χ2v) is 9.79. The second-order valence-electron chi connectivity index (χ2n) is 9.79. The minimum absolute atomic E-state index is 0.0552. The van der Waals surface area contributed by atoms with Crippen LogP contribution in [-0.2, 0) is 0 Å². The van der Waals surface area contributed by atoms with Crippen molar-refractivity contribution in [2.45, 2.75) is 5.92 Å². The molecule has 37 heavy (non-hydrogen) atoms. The van der Waals surface area contributed by atoms with Gasteiger partial charge in [-0.15, -0.1) is 0 Å². The molecule has 0 aliphatic carbocycles. The lowest BCUT2D eigenvalue weighted by atomic mass is 9.73. The molecule has 0 unspecified atom stereocenters. The Morgan fingerprint density at radius 2 is 1.32 bits per heavy atom. The van der Waals surface area contributed by atoms with Crippen LogP contribution in [0.2, 0.25) is 0 Å². The van der Waals surface area contributed by atoms with Crippen LogP contribution in [0.5, 0.6) is 0 Å². The molecule has 1 aliphatic heterocycles. The lowest BCUT2D eigenvalue weighted by Crippen LogP contribution is -2.45. The van der Waals surface area contributed by atoms with Crippen molar-refractivity contribution in [3.8, 4) is 0 Å². The summed E-state index contributed by atoms with van der Waals surface area (Å²) in [5, 5.41) is 2.19. The van der Waals surface area contributed by atoms with E-state index < -0.39 is 0 Å². The van der Waals surface area contributed by atoms with Crippen molar-refractivity contribution in [1.82, 2.24) is 9.91 Å². The van der Waals surface area contributed by atoms with Gasteiger partial charge in [0.25, 0.3) is 0 Å². The summed E-state index contributed by atoms with van der Waals surface area (Å²) in [5.74, 6) is -0.151. The van der Waals surface area contributed by atoms with Gasteiger partial charge in [-0.3, -0.25) is 15.2 Å². The summed E-state index contributed by atoms with van der Waals surface area (Å²) in [7, 11) is 4.19. The number of rotatable bonds is 8. The quantitative estimate of drug-likeness (QED) is 0.285. The first-order chi connectivity index (χ1) is 18.1. The maximum absolute atomic E-state index is 14.2. The molecule has 4 nitrogen and oxygen atoms in total. The van der Waals surface area contributed by atoms with Crippen molar-refractivity contribution in [3.63, 3.8) is 0 Å². The van der Waals surface area contributed by atoms with Crippen molar-refractivity contribution >= 4 is 17.2 Å². The van der Waals surface area contributed by atoms with Crippen LogP contribution in [0.1, 0.15) is 27.4 Å². The standard InChI is InChI=1S/C33H33N3O/c1-35(2)23-29-31(25-15-7-3-8-16-25)30(33(37)27-19-11-5-12-20-27)24-36(34-28-21-13-6-14-22-28)32(29)26-17-9-4-10-18-26/h3-22,30-31,34H,23-24H2,1-2H3/t30-,31+/m1/s1. The number of carbonyl (C=O) groups excluding carboxylic acids is 1.